The Bertz CT molecular complexity index is 1080. The Labute approximate surface area is 175 Å². The summed E-state index contributed by atoms with van der Waals surface area (Å²) in [5.74, 6) is -1.34. The number of benzene rings is 2. The number of carbonyl (C=O) groups is 1. The first-order valence-corrected chi connectivity index (χ1v) is 10.4. The van der Waals surface area contributed by atoms with Crippen LogP contribution in [0.1, 0.15) is 41.3 Å². The lowest BCUT2D eigenvalue weighted by molar-refractivity contribution is -0.0436. The number of alkyl halides is 3. The van der Waals surface area contributed by atoms with Gasteiger partial charge in [-0.25, -0.2) is 8.42 Å². The molecule has 1 amide bonds. The SMILES string of the molecule is Cc1cc(Cl)c(C(C)C)c(C(=O)Nc2ccc(S(=O)(=O)C(F)(F)F)cc2Cl)c1O. The minimum absolute atomic E-state index is 0.104. The van der Waals surface area contributed by atoms with Gasteiger partial charge >= 0.3 is 5.51 Å². The zero-order valence-electron chi connectivity index (χ0n) is 15.4. The van der Waals surface area contributed by atoms with Gasteiger partial charge in [0, 0.05) is 5.02 Å². The number of halogens is 5. The van der Waals surface area contributed by atoms with Gasteiger partial charge in [0.2, 0.25) is 0 Å². The van der Waals surface area contributed by atoms with Crippen molar-refractivity contribution in [3.63, 3.8) is 0 Å². The summed E-state index contributed by atoms with van der Waals surface area (Å²) in [7, 11) is -5.59. The maximum Gasteiger partial charge on any atom is 0.501 e. The summed E-state index contributed by atoms with van der Waals surface area (Å²) >= 11 is 12.1. The van der Waals surface area contributed by atoms with Crippen molar-refractivity contribution < 1.29 is 31.5 Å². The van der Waals surface area contributed by atoms with Gasteiger partial charge in [-0.2, -0.15) is 13.2 Å². The van der Waals surface area contributed by atoms with E-state index >= 15 is 0 Å². The van der Waals surface area contributed by atoms with Crippen LogP contribution in [-0.2, 0) is 9.84 Å². The Balaban J connectivity index is 2.48. The summed E-state index contributed by atoms with van der Waals surface area (Å²) in [6, 6.07) is 3.71. The van der Waals surface area contributed by atoms with E-state index in [9.17, 15) is 31.5 Å². The smallest absolute Gasteiger partial charge is 0.501 e. The number of phenolic OH excluding ortho intramolecular Hbond substituents is 1. The van der Waals surface area contributed by atoms with Gasteiger partial charge in [0.15, 0.2) is 0 Å². The molecule has 0 aromatic heterocycles. The zero-order valence-corrected chi connectivity index (χ0v) is 17.7. The van der Waals surface area contributed by atoms with E-state index in [2.05, 4.69) is 5.32 Å². The number of amides is 1. The monoisotopic (exact) mass is 469 g/mol. The number of aryl methyl sites for hydroxylation is 1. The van der Waals surface area contributed by atoms with Crippen molar-refractivity contribution in [2.45, 2.75) is 37.1 Å². The second-order valence-corrected chi connectivity index (χ2v) is 9.27. The number of phenols is 1. The predicted octanol–water partition coefficient (Wildman–Crippen LogP) is 5.68. The van der Waals surface area contributed by atoms with Crippen LogP contribution in [0.3, 0.4) is 0 Å². The molecule has 2 aromatic rings. The third-order valence-corrected chi connectivity index (χ3v) is 6.20. The molecule has 2 N–H and O–H groups in total. The molecule has 0 saturated carbocycles. The molecular formula is C18H16Cl2F3NO4S. The average molecular weight is 470 g/mol. The fourth-order valence-electron chi connectivity index (χ4n) is 2.66. The van der Waals surface area contributed by atoms with Gasteiger partial charge < -0.3 is 10.4 Å². The van der Waals surface area contributed by atoms with Crippen LogP contribution < -0.4 is 5.32 Å². The van der Waals surface area contributed by atoms with Crippen LogP contribution in [0, 0.1) is 6.92 Å². The largest absolute Gasteiger partial charge is 0.507 e. The third-order valence-electron chi connectivity index (χ3n) is 4.09. The maximum absolute atomic E-state index is 12.8. The Morgan fingerprint density at radius 2 is 1.72 bits per heavy atom. The van der Waals surface area contributed by atoms with Crippen LogP contribution in [0.15, 0.2) is 29.2 Å². The molecule has 0 aliphatic carbocycles. The minimum Gasteiger partial charge on any atom is -0.507 e. The fraction of sp³-hybridized carbons (Fsp3) is 0.278. The molecule has 0 aliphatic rings. The van der Waals surface area contributed by atoms with E-state index in [1.807, 2.05) is 0 Å². The number of aromatic hydroxyl groups is 1. The number of nitrogens with one attached hydrogen (secondary N) is 1. The predicted molar refractivity (Wildman–Crippen MR) is 105 cm³/mol. The van der Waals surface area contributed by atoms with Crippen molar-refractivity contribution in [1.29, 1.82) is 0 Å². The number of anilines is 1. The molecule has 0 atom stereocenters. The first kappa shape index (κ1) is 23.3. The highest BCUT2D eigenvalue weighted by Crippen LogP contribution is 2.38. The molecule has 0 fully saturated rings. The molecule has 0 bridgehead atoms. The lowest BCUT2D eigenvalue weighted by Gasteiger charge is -2.18. The second-order valence-electron chi connectivity index (χ2n) is 6.51. The van der Waals surface area contributed by atoms with Gasteiger partial charge in [-0.05, 0) is 48.2 Å². The Morgan fingerprint density at radius 3 is 2.21 bits per heavy atom. The second kappa shape index (κ2) is 8.04. The van der Waals surface area contributed by atoms with E-state index < -0.39 is 31.2 Å². The molecule has 2 rings (SSSR count). The van der Waals surface area contributed by atoms with Crippen LogP contribution in [-0.4, -0.2) is 24.9 Å². The normalized spacial score (nSPS) is 12.3. The molecule has 2 aromatic carbocycles. The highest BCUT2D eigenvalue weighted by atomic mass is 35.5. The lowest BCUT2D eigenvalue weighted by atomic mass is 9.93. The average Bonchev–Trinajstić information content (AvgIpc) is 2.57. The first-order valence-electron chi connectivity index (χ1n) is 8.12. The van der Waals surface area contributed by atoms with Crippen molar-refractivity contribution >= 4 is 44.6 Å². The van der Waals surface area contributed by atoms with Gasteiger partial charge in [0.05, 0.1) is 21.2 Å². The Morgan fingerprint density at radius 1 is 1.14 bits per heavy atom. The van der Waals surface area contributed by atoms with Crippen molar-refractivity contribution in [3.05, 3.63) is 51.0 Å². The quantitative estimate of drug-likeness (QED) is 0.603. The van der Waals surface area contributed by atoms with Crippen molar-refractivity contribution in [2.75, 3.05) is 5.32 Å². The lowest BCUT2D eigenvalue weighted by Crippen LogP contribution is -2.23. The number of rotatable bonds is 4. The van der Waals surface area contributed by atoms with Gasteiger partial charge in [0.25, 0.3) is 15.7 Å². The molecule has 0 saturated heterocycles. The van der Waals surface area contributed by atoms with Gasteiger partial charge in [-0.1, -0.05) is 37.0 Å². The topological polar surface area (TPSA) is 83.5 Å². The molecule has 5 nitrogen and oxygen atoms in total. The van der Waals surface area contributed by atoms with Crippen LogP contribution in [0.2, 0.25) is 10.0 Å². The number of carbonyl (C=O) groups excluding carboxylic acids is 1. The minimum atomic E-state index is -5.59. The first-order chi connectivity index (χ1) is 13.2. The summed E-state index contributed by atoms with van der Waals surface area (Å²) in [6.45, 7) is 5.07. The Hall–Kier alpha value is -1.97. The maximum atomic E-state index is 12.8. The summed E-state index contributed by atoms with van der Waals surface area (Å²) in [5, 5.41) is 12.6. The molecule has 0 aliphatic heterocycles. The summed E-state index contributed by atoms with van der Waals surface area (Å²) < 4.78 is 61.0. The highest BCUT2D eigenvalue weighted by molar-refractivity contribution is 7.92. The molecule has 0 radical (unpaired) electrons. The third kappa shape index (κ3) is 4.46. The number of hydrogen-bond acceptors (Lipinski definition) is 4. The molecule has 0 spiro atoms. The van der Waals surface area contributed by atoms with Gasteiger partial charge in [0.1, 0.15) is 5.75 Å². The summed E-state index contributed by atoms with van der Waals surface area (Å²) in [5.41, 5.74) is -5.00. The van der Waals surface area contributed by atoms with Crippen molar-refractivity contribution in [3.8, 4) is 5.75 Å². The van der Waals surface area contributed by atoms with Crippen LogP contribution in [0.5, 0.6) is 5.75 Å². The van der Waals surface area contributed by atoms with E-state index in [-0.39, 0.29) is 27.9 Å². The molecule has 158 valence electrons. The molecule has 0 heterocycles. The van der Waals surface area contributed by atoms with Crippen molar-refractivity contribution in [2.24, 2.45) is 0 Å². The molecule has 11 heteroatoms. The molecule has 29 heavy (non-hydrogen) atoms. The van der Waals surface area contributed by atoms with Gasteiger partial charge in [-0.15, -0.1) is 0 Å². The van der Waals surface area contributed by atoms with E-state index in [1.54, 1.807) is 20.8 Å². The zero-order chi connectivity index (χ0) is 22.3. The molecule has 0 unspecified atom stereocenters. The van der Waals surface area contributed by atoms with E-state index in [0.29, 0.717) is 23.3 Å². The van der Waals surface area contributed by atoms with Crippen molar-refractivity contribution in [1.82, 2.24) is 0 Å². The van der Waals surface area contributed by atoms with Crippen LogP contribution >= 0.6 is 23.2 Å². The fourth-order valence-corrected chi connectivity index (χ4v) is 4.21. The highest BCUT2D eigenvalue weighted by Gasteiger charge is 2.47. The molecular weight excluding hydrogens is 454 g/mol. The summed E-state index contributed by atoms with van der Waals surface area (Å²) in [4.78, 5) is 11.7. The summed E-state index contributed by atoms with van der Waals surface area (Å²) in [6.07, 6.45) is 0. The van der Waals surface area contributed by atoms with Crippen LogP contribution in [0.4, 0.5) is 18.9 Å². The Kier molecular flexibility index (Phi) is 6.46. The number of hydrogen-bond donors (Lipinski definition) is 2. The van der Waals surface area contributed by atoms with Crippen LogP contribution in [0.25, 0.3) is 0 Å². The standard InChI is InChI=1S/C18H16Cl2F3NO4S/c1-8(2)14-12(20)6-9(3)16(25)15(14)17(26)24-13-5-4-10(7-11(13)19)29(27,28)18(21,22)23/h4-8,25H,1-3H3,(H,24,26). The van der Waals surface area contributed by atoms with Gasteiger partial charge in [-0.3, -0.25) is 4.79 Å². The van der Waals surface area contributed by atoms with E-state index in [4.69, 9.17) is 23.2 Å². The van der Waals surface area contributed by atoms with E-state index in [1.165, 1.54) is 6.07 Å². The number of sulfone groups is 1. The van der Waals surface area contributed by atoms with E-state index in [0.717, 1.165) is 6.07 Å².